The Hall–Kier alpha value is -3.82. The first-order chi connectivity index (χ1) is 16.9. The maximum Gasteiger partial charge on any atom is 0.256 e. The molecule has 0 atom stereocenters. The predicted octanol–water partition coefficient (Wildman–Crippen LogP) is 3.31. The normalized spacial score (nSPS) is 15.8. The molecule has 0 spiro atoms. The van der Waals surface area contributed by atoms with Crippen molar-refractivity contribution in [3.8, 4) is 0 Å². The number of nitrogens with two attached hydrogens (primary N) is 1. The van der Waals surface area contributed by atoms with Crippen LogP contribution in [0.3, 0.4) is 0 Å². The van der Waals surface area contributed by atoms with Gasteiger partial charge in [0.15, 0.2) is 0 Å². The first kappa shape index (κ1) is 22.9. The summed E-state index contributed by atoms with van der Waals surface area (Å²) in [6.07, 6.45) is 1.07. The van der Waals surface area contributed by atoms with Gasteiger partial charge in [0.1, 0.15) is 5.00 Å². The van der Waals surface area contributed by atoms with E-state index in [4.69, 9.17) is 5.73 Å². The van der Waals surface area contributed by atoms with Gasteiger partial charge in [0.2, 0.25) is 11.8 Å². The number of primary amides is 1. The van der Waals surface area contributed by atoms with Crippen molar-refractivity contribution in [2.24, 2.45) is 5.73 Å². The number of amides is 4. The molecule has 0 unspecified atom stereocenters. The molecule has 0 aliphatic carbocycles. The highest BCUT2D eigenvalue weighted by Gasteiger charge is 2.31. The fourth-order valence-corrected chi connectivity index (χ4v) is 5.87. The van der Waals surface area contributed by atoms with Crippen LogP contribution in [0.1, 0.15) is 49.6 Å². The molecule has 5 rings (SSSR count). The van der Waals surface area contributed by atoms with E-state index in [2.05, 4.69) is 22.3 Å². The second-order valence-corrected chi connectivity index (χ2v) is 9.75. The van der Waals surface area contributed by atoms with Crippen LogP contribution < -0.4 is 16.0 Å². The van der Waals surface area contributed by atoms with Crippen LogP contribution in [0.5, 0.6) is 0 Å². The predicted molar refractivity (Wildman–Crippen MR) is 133 cm³/mol. The van der Waals surface area contributed by atoms with Crippen molar-refractivity contribution in [3.63, 3.8) is 0 Å². The van der Waals surface area contributed by atoms with Gasteiger partial charge in [-0.1, -0.05) is 30.3 Å². The smallest absolute Gasteiger partial charge is 0.256 e. The average molecular weight is 489 g/mol. The Morgan fingerprint density at radius 1 is 0.943 bits per heavy atom. The van der Waals surface area contributed by atoms with Gasteiger partial charge in [-0.3, -0.25) is 29.0 Å². The van der Waals surface area contributed by atoms with Gasteiger partial charge in [-0.05, 0) is 41.8 Å². The minimum atomic E-state index is -0.560. The quantitative estimate of drug-likeness (QED) is 0.517. The van der Waals surface area contributed by atoms with Crippen molar-refractivity contribution < 1.29 is 19.2 Å². The summed E-state index contributed by atoms with van der Waals surface area (Å²) in [6.45, 7) is 2.28. The molecule has 1 aromatic heterocycles. The van der Waals surface area contributed by atoms with E-state index in [1.165, 1.54) is 16.9 Å². The van der Waals surface area contributed by atoms with E-state index in [1.54, 1.807) is 24.3 Å². The third-order valence-electron chi connectivity index (χ3n) is 6.30. The first-order valence-corrected chi connectivity index (χ1v) is 12.2. The van der Waals surface area contributed by atoms with Crippen LogP contribution in [0.2, 0.25) is 0 Å². The van der Waals surface area contributed by atoms with E-state index < -0.39 is 11.8 Å². The molecule has 4 amide bonds. The number of hydrogen-bond acceptors (Lipinski definition) is 6. The third-order valence-corrected chi connectivity index (χ3v) is 7.43. The molecule has 178 valence electrons. The molecule has 0 radical (unpaired) electrons. The van der Waals surface area contributed by atoms with Crippen molar-refractivity contribution >= 4 is 45.7 Å². The molecule has 2 aliphatic heterocycles. The number of imide groups is 1. The topological polar surface area (TPSA) is 113 Å². The van der Waals surface area contributed by atoms with Gasteiger partial charge in [-0.25, -0.2) is 0 Å². The first-order valence-electron chi connectivity index (χ1n) is 11.4. The summed E-state index contributed by atoms with van der Waals surface area (Å²) in [6, 6.07) is 16.5. The van der Waals surface area contributed by atoms with Crippen LogP contribution in [0, 0.1) is 0 Å². The third kappa shape index (κ3) is 4.60. The van der Waals surface area contributed by atoms with E-state index in [0.717, 1.165) is 28.4 Å². The Kier molecular flexibility index (Phi) is 6.19. The van der Waals surface area contributed by atoms with Crippen LogP contribution >= 0.6 is 11.3 Å². The van der Waals surface area contributed by atoms with Crippen LogP contribution in [0.4, 0.5) is 10.7 Å². The molecule has 9 heteroatoms. The molecule has 0 saturated carbocycles. The summed E-state index contributed by atoms with van der Waals surface area (Å²) in [7, 11) is 0. The van der Waals surface area contributed by atoms with Gasteiger partial charge in [-0.15, -0.1) is 11.3 Å². The van der Waals surface area contributed by atoms with Gasteiger partial charge in [0.05, 0.1) is 11.3 Å². The van der Waals surface area contributed by atoms with Crippen LogP contribution in [0.15, 0.2) is 54.6 Å². The molecule has 0 bridgehead atoms. The number of nitrogens with zero attached hydrogens (tertiary/aromatic N) is 2. The summed E-state index contributed by atoms with van der Waals surface area (Å²) >= 11 is 1.38. The number of carbonyl (C=O) groups excluding carboxylic acids is 4. The molecule has 35 heavy (non-hydrogen) atoms. The molecule has 1 fully saturated rings. The van der Waals surface area contributed by atoms with Crippen LogP contribution in [0.25, 0.3) is 0 Å². The fraction of sp³-hybridized carbons (Fsp3) is 0.231. The standard InChI is InChI=1S/C26H24N4O4S/c27-24(33)23-19-12-13-29(14-16-4-2-1-3-5-16)15-20(19)35-26(23)28-25(34)17-6-8-18(9-7-17)30-21(31)10-11-22(30)32/h1-9H,10-15H2,(H2,27,33)(H,28,34). The van der Waals surface area contributed by atoms with E-state index in [9.17, 15) is 19.2 Å². The Morgan fingerprint density at radius 3 is 2.29 bits per heavy atom. The molecular formula is C26H24N4O4S. The van der Waals surface area contributed by atoms with E-state index >= 15 is 0 Å². The van der Waals surface area contributed by atoms with Gasteiger partial charge in [0, 0.05) is 42.9 Å². The lowest BCUT2D eigenvalue weighted by Gasteiger charge is -2.27. The molecule has 2 aliphatic rings. The Morgan fingerprint density at radius 2 is 1.63 bits per heavy atom. The molecule has 2 aromatic carbocycles. The second-order valence-electron chi connectivity index (χ2n) is 8.64. The summed E-state index contributed by atoms with van der Waals surface area (Å²) in [5.41, 5.74) is 9.00. The maximum absolute atomic E-state index is 13.0. The summed E-state index contributed by atoms with van der Waals surface area (Å²) in [5, 5.41) is 3.30. The van der Waals surface area contributed by atoms with E-state index in [0.29, 0.717) is 34.8 Å². The van der Waals surface area contributed by atoms with Crippen molar-refractivity contribution in [1.29, 1.82) is 0 Å². The van der Waals surface area contributed by atoms with E-state index in [-0.39, 0.29) is 24.7 Å². The number of anilines is 2. The molecular weight excluding hydrogens is 464 g/mol. The molecule has 8 nitrogen and oxygen atoms in total. The molecule has 3 heterocycles. The van der Waals surface area contributed by atoms with Crippen LogP contribution in [-0.4, -0.2) is 35.1 Å². The number of nitrogens with one attached hydrogen (secondary N) is 1. The Labute approximate surface area is 206 Å². The summed E-state index contributed by atoms with van der Waals surface area (Å²) < 4.78 is 0. The summed E-state index contributed by atoms with van der Waals surface area (Å²) in [4.78, 5) is 53.6. The van der Waals surface area contributed by atoms with Gasteiger partial charge >= 0.3 is 0 Å². The average Bonchev–Trinajstić information content (AvgIpc) is 3.38. The lowest BCUT2D eigenvalue weighted by Crippen LogP contribution is -2.30. The number of thiophene rings is 1. The number of rotatable bonds is 6. The van der Waals surface area contributed by atoms with Crippen molar-refractivity contribution in [3.05, 3.63) is 81.7 Å². The SMILES string of the molecule is NC(=O)c1c(NC(=O)c2ccc(N3C(=O)CCC3=O)cc2)sc2c1CCN(Cc1ccccc1)C2. The van der Waals surface area contributed by atoms with E-state index in [1.807, 2.05) is 18.2 Å². The highest BCUT2D eigenvalue weighted by molar-refractivity contribution is 7.17. The minimum absolute atomic E-state index is 0.197. The molecule has 3 N–H and O–H groups in total. The Bertz CT molecular complexity index is 1300. The highest BCUT2D eigenvalue weighted by atomic mass is 32.1. The van der Waals surface area contributed by atoms with Crippen LogP contribution in [-0.2, 0) is 29.1 Å². The highest BCUT2D eigenvalue weighted by Crippen LogP contribution is 2.37. The van der Waals surface area contributed by atoms with Gasteiger partial charge in [0.25, 0.3) is 11.8 Å². The van der Waals surface area contributed by atoms with Gasteiger partial charge in [-0.2, -0.15) is 0 Å². The lowest BCUT2D eigenvalue weighted by atomic mass is 10.0. The maximum atomic E-state index is 13.0. The number of hydrogen-bond donors (Lipinski definition) is 2. The largest absolute Gasteiger partial charge is 0.365 e. The molecule has 1 saturated heterocycles. The Balaban J connectivity index is 1.33. The minimum Gasteiger partial charge on any atom is -0.365 e. The molecule has 3 aromatic rings. The fourth-order valence-electron chi connectivity index (χ4n) is 4.58. The zero-order valence-electron chi connectivity index (χ0n) is 19.0. The van der Waals surface area contributed by atoms with Crippen molar-refractivity contribution in [2.45, 2.75) is 32.4 Å². The lowest BCUT2D eigenvalue weighted by molar-refractivity contribution is -0.121. The van der Waals surface area contributed by atoms with Crippen molar-refractivity contribution in [2.75, 3.05) is 16.8 Å². The number of benzene rings is 2. The zero-order chi connectivity index (χ0) is 24.5. The summed E-state index contributed by atoms with van der Waals surface area (Å²) in [5.74, 6) is -1.44. The zero-order valence-corrected chi connectivity index (χ0v) is 19.8. The monoisotopic (exact) mass is 488 g/mol. The van der Waals surface area contributed by atoms with Crippen molar-refractivity contribution in [1.82, 2.24) is 4.90 Å². The number of fused-ring (bicyclic) bond motifs is 1. The number of carbonyl (C=O) groups is 4. The second kappa shape index (κ2) is 9.44. The van der Waals surface area contributed by atoms with Gasteiger partial charge < -0.3 is 11.1 Å².